The average Bonchev–Trinajstić information content (AvgIpc) is 3.39. The second-order valence-corrected chi connectivity index (χ2v) is 9.31. The Balaban J connectivity index is 1.77. The Morgan fingerprint density at radius 2 is 1.73 bits per heavy atom. The van der Waals surface area contributed by atoms with E-state index in [1.54, 1.807) is 52.0 Å². The van der Waals surface area contributed by atoms with E-state index in [1.807, 2.05) is 19.1 Å². The Bertz CT molecular complexity index is 1340. The van der Waals surface area contributed by atoms with Crippen molar-refractivity contribution in [1.29, 1.82) is 0 Å². The lowest BCUT2D eigenvalue weighted by molar-refractivity contribution is -0.139. The highest BCUT2D eigenvalue weighted by atomic mass is 19.4. The molecule has 0 spiro atoms. The van der Waals surface area contributed by atoms with Crippen LogP contribution in [0.2, 0.25) is 0 Å². The van der Waals surface area contributed by atoms with E-state index in [-0.39, 0.29) is 18.6 Å². The number of rotatable bonds is 11. The fourth-order valence-electron chi connectivity index (χ4n) is 4.27. The number of benzene rings is 2. The van der Waals surface area contributed by atoms with E-state index in [4.69, 9.17) is 9.47 Å². The first-order valence-electron chi connectivity index (χ1n) is 13.2. The van der Waals surface area contributed by atoms with Crippen molar-refractivity contribution in [2.75, 3.05) is 6.61 Å². The molecule has 0 saturated heterocycles. The summed E-state index contributed by atoms with van der Waals surface area (Å²) < 4.78 is 51.7. The predicted octanol–water partition coefficient (Wildman–Crippen LogP) is 7.01. The van der Waals surface area contributed by atoms with Gasteiger partial charge in [0.05, 0.1) is 29.6 Å². The molecule has 0 aliphatic heterocycles. The van der Waals surface area contributed by atoms with Gasteiger partial charge in [-0.2, -0.15) is 18.3 Å². The number of hydrogen-bond acceptors (Lipinski definition) is 5. The molecular formula is C30H34F3N3O4. The van der Waals surface area contributed by atoms with Crippen molar-refractivity contribution in [2.45, 2.75) is 66.2 Å². The van der Waals surface area contributed by atoms with Crippen LogP contribution >= 0.6 is 0 Å². The van der Waals surface area contributed by atoms with Crippen LogP contribution in [0.25, 0.3) is 5.69 Å². The van der Waals surface area contributed by atoms with Gasteiger partial charge < -0.3 is 14.8 Å². The first kappa shape index (κ1) is 30.5. The van der Waals surface area contributed by atoms with Crippen molar-refractivity contribution in [3.8, 4) is 11.4 Å². The maximum absolute atomic E-state index is 13.1. The predicted molar refractivity (Wildman–Crippen MR) is 145 cm³/mol. The molecule has 1 amide bonds. The Kier molecular flexibility index (Phi) is 10.1. The first-order valence-corrected chi connectivity index (χ1v) is 13.2. The van der Waals surface area contributed by atoms with Crippen molar-refractivity contribution in [3.63, 3.8) is 0 Å². The molecule has 0 bridgehead atoms. The molecule has 40 heavy (non-hydrogen) atoms. The maximum atomic E-state index is 13.1. The zero-order valence-corrected chi connectivity index (χ0v) is 23.3. The second-order valence-electron chi connectivity index (χ2n) is 9.31. The summed E-state index contributed by atoms with van der Waals surface area (Å²) in [5.74, 6) is -0.239. The molecule has 2 aromatic carbocycles. The number of halogens is 3. The molecule has 214 valence electrons. The largest absolute Gasteiger partial charge is 0.486 e. The van der Waals surface area contributed by atoms with Crippen molar-refractivity contribution in [1.82, 2.24) is 15.1 Å². The molecule has 0 radical (unpaired) electrons. The molecule has 1 atom stereocenters. The van der Waals surface area contributed by atoms with Gasteiger partial charge in [-0.15, -0.1) is 0 Å². The molecule has 3 rings (SSSR count). The highest BCUT2D eigenvalue weighted by Gasteiger charge is 2.32. The van der Waals surface area contributed by atoms with E-state index >= 15 is 0 Å². The van der Waals surface area contributed by atoms with Gasteiger partial charge in [-0.05, 0) is 74.6 Å². The Morgan fingerprint density at radius 1 is 1.07 bits per heavy atom. The molecule has 0 unspecified atom stereocenters. The van der Waals surface area contributed by atoms with Crippen LogP contribution in [0.3, 0.4) is 0 Å². The van der Waals surface area contributed by atoms with Crippen molar-refractivity contribution in [3.05, 3.63) is 88.4 Å². The van der Waals surface area contributed by atoms with E-state index in [9.17, 15) is 22.8 Å². The van der Waals surface area contributed by atoms with Gasteiger partial charge >= 0.3 is 12.1 Å². The molecule has 1 aromatic heterocycles. The number of amides is 1. The monoisotopic (exact) mass is 557 g/mol. The molecule has 0 aliphatic carbocycles. The highest BCUT2D eigenvalue weighted by molar-refractivity contribution is 5.96. The van der Waals surface area contributed by atoms with Crippen molar-refractivity contribution >= 4 is 11.9 Å². The minimum atomic E-state index is -4.47. The summed E-state index contributed by atoms with van der Waals surface area (Å²) in [7, 11) is 0. The molecule has 10 heteroatoms. The van der Waals surface area contributed by atoms with Gasteiger partial charge in [-0.1, -0.05) is 32.4 Å². The number of ether oxygens (including phenoxy) is 2. The number of esters is 1. The lowest BCUT2D eigenvalue weighted by atomic mass is 10.0. The Hall–Kier alpha value is -4.08. The molecule has 0 aliphatic rings. The smallest absolute Gasteiger partial charge is 0.419 e. The van der Waals surface area contributed by atoms with Gasteiger partial charge in [0.1, 0.15) is 11.9 Å². The fraction of sp³-hybridized carbons (Fsp3) is 0.367. The number of nitrogens with zero attached hydrogens (tertiary/aromatic N) is 2. The first-order chi connectivity index (χ1) is 19.0. The van der Waals surface area contributed by atoms with Gasteiger partial charge in [0.15, 0.2) is 0 Å². The van der Waals surface area contributed by atoms with Gasteiger partial charge in [-0.25, -0.2) is 9.48 Å². The standard InChI is InChI=1S/C30H34F3N3O4/c1-6-9-26(22-10-12-23(13-11-22)28(37)34-16-21(7-2)29(38)39-8-3)40-25-14-19(4)27(20(5)15-25)36-18-24(17-35-36)30(31,32)33/h10-18,26H,6-9H2,1-5H3,(H,34,37)/b21-16+/t26-/m0/s1. The Labute approximate surface area is 232 Å². The number of aromatic nitrogens is 2. The van der Waals surface area contributed by atoms with E-state index in [0.717, 1.165) is 35.5 Å². The maximum Gasteiger partial charge on any atom is 0.419 e. The average molecular weight is 558 g/mol. The summed E-state index contributed by atoms with van der Waals surface area (Å²) in [4.78, 5) is 24.5. The number of hydrogen-bond donors (Lipinski definition) is 1. The lowest BCUT2D eigenvalue weighted by Crippen LogP contribution is -2.20. The third-order valence-electron chi connectivity index (χ3n) is 6.27. The van der Waals surface area contributed by atoms with Crippen LogP contribution in [0, 0.1) is 13.8 Å². The zero-order valence-electron chi connectivity index (χ0n) is 23.3. The van der Waals surface area contributed by atoms with Crippen molar-refractivity contribution in [2.24, 2.45) is 0 Å². The molecule has 0 fully saturated rings. The quantitative estimate of drug-likeness (QED) is 0.203. The summed E-state index contributed by atoms with van der Waals surface area (Å²) >= 11 is 0. The Morgan fingerprint density at radius 3 is 2.25 bits per heavy atom. The van der Waals surface area contributed by atoms with Crippen LogP contribution in [0.1, 0.15) is 78.7 Å². The van der Waals surface area contributed by atoms with Crippen LogP contribution in [0.5, 0.6) is 5.75 Å². The lowest BCUT2D eigenvalue weighted by Gasteiger charge is -2.21. The van der Waals surface area contributed by atoms with Gasteiger partial charge in [0.25, 0.3) is 5.91 Å². The molecular weight excluding hydrogens is 523 g/mol. The van der Waals surface area contributed by atoms with E-state index in [0.29, 0.717) is 35.4 Å². The zero-order chi connectivity index (χ0) is 29.4. The minimum absolute atomic E-state index is 0.253. The summed E-state index contributed by atoms with van der Waals surface area (Å²) in [5, 5.41) is 6.55. The molecule has 3 aromatic rings. The van der Waals surface area contributed by atoms with E-state index < -0.39 is 17.7 Å². The number of carbonyl (C=O) groups is 2. The van der Waals surface area contributed by atoms with Crippen LogP contribution in [-0.4, -0.2) is 28.3 Å². The third kappa shape index (κ3) is 7.52. The van der Waals surface area contributed by atoms with E-state index in [1.165, 1.54) is 10.9 Å². The SMILES string of the molecule is CCC[C@H](Oc1cc(C)c(-n2cc(C(F)(F)F)cn2)c(C)c1)c1ccc(C(=O)N/C=C(\CC)C(=O)OCC)cc1. The molecule has 1 heterocycles. The molecule has 7 nitrogen and oxygen atoms in total. The number of alkyl halides is 3. The highest BCUT2D eigenvalue weighted by Crippen LogP contribution is 2.33. The minimum Gasteiger partial charge on any atom is -0.486 e. The van der Waals surface area contributed by atoms with Gasteiger partial charge in [0, 0.05) is 18.0 Å². The molecule has 1 N–H and O–H groups in total. The van der Waals surface area contributed by atoms with E-state index in [2.05, 4.69) is 10.4 Å². The topological polar surface area (TPSA) is 82.5 Å². The van der Waals surface area contributed by atoms with Crippen LogP contribution < -0.4 is 10.1 Å². The fourth-order valence-corrected chi connectivity index (χ4v) is 4.27. The number of aryl methyl sites for hydroxylation is 2. The third-order valence-corrected chi connectivity index (χ3v) is 6.27. The summed E-state index contributed by atoms with van der Waals surface area (Å²) in [6.45, 7) is 9.40. The van der Waals surface area contributed by atoms with Crippen LogP contribution in [0.15, 0.2) is 60.6 Å². The number of nitrogens with one attached hydrogen (secondary N) is 1. The van der Waals surface area contributed by atoms with Crippen LogP contribution in [-0.2, 0) is 15.7 Å². The number of carbonyl (C=O) groups excluding carboxylic acids is 2. The second kappa shape index (κ2) is 13.3. The normalized spacial score (nSPS) is 12.7. The summed E-state index contributed by atoms with van der Waals surface area (Å²) in [5.41, 5.74) is 2.85. The summed E-state index contributed by atoms with van der Waals surface area (Å²) in [6, 6.07) is 10.6. The molecule has 0 saturated carbocycles. The van der Waals surface area contributed by atoms with Crippen LogP contribution in [0.4, 0.5) is 13.2 Å². The summed E-state index contributed by atoms with van der Waals surface area (Å²) in [6.07, 6.45) is 0.362. The van der Waals surface area contributed by atoms with Gasteiger partial charge in [0.2, 0.25) is 0 Å². The van der Waals surface area contributed by atoms with Crippen molar-refractivity contribution < 1.29 is 32.2 Å². The van der Waals surface area contributed by atoms with Gasteiger partial charge in [-0.3, -0.25) is 4.79 Å².